The molecule has 0 spiro atoms. The number of rotatable bonds is 6. The van der Waals surface area contributed by atoms with E-state index in [0.29, 0.717) is 12.6 Å². The molecule has 1 unspecified atom stereocenters. The Bertz CT molecular complexity index is 1050. The predicted molar refractivity (Wildman–Crippen MR) is 115 cm³/mol. The number of nitrogens with zero attached hydrogens (tertiary/aromatic N) is 4. The molecule has 7 heteroatoms. The van der Waals surface area contributed by atoms with Gasteiger partial charge in [-0.1, -0.05) is 6.07 Å². The predicted octanol–water partition coefficient (Wildman–Crippen LogP) is 2.70. The molecule has 2 aliphatic heterocycles. The molecule has 2 aliphatic rings. The lowest BCUT2D eigenvalue weighted by Gasteiger charge is -2.32. The van der Waals surface area contributed by atoms with Gasteiger partial charge in [0.25, 0.3) is 0 Å². The Morgan fingerprint density at radius 3 is 2.77 bits per heavy atom. The number of hydrogen-bond donors (Lipinski definition) is 0. The van der Waals surface area contributed by atoms with E-state index in [-0.39, 0.29) is 11.8 Å². The van der Waals surface area contributed by atoms with Gasteiger partial charge in [0.1, 0.15) is 11.9 Å². The van der Waals surface area contributed by atoms with E-state index >= 15 is 0 Å². The van der Waals surface area contributed by atoms with Crippen LogP contribution in [0.15, 0.2) is 53.7 Å². The Balaban J connectivity index is 1.19. The van der Waals surface area contributed by atoms with Crippen LogP contribution in [-0.2, 0) is 11.3 Å². The minimum absolute atomic E-state index is 0.181. The molecule has 0 aliphatic carbocycles. The van der Waals surface area contributed by atoms with Crippen LogP contribution in [-0.4, -0.2) is 58.0 Å². The minimum atomic E-state index is -0.181. The highest BCUT2D eigenvalue weighted by Gasteiger charge is 2.23. The van der Waals surface area contributed by atoms with Crippen LogP contribution in [0, 0.1) is 0 Å². The summed E-state index contributed by atoms with van der Waals surface area (Å²) < 4.78 is 16.0. The lowest BCUT2D eigenvalue weighted by Crippen LogP contribution is -2.40. The molecular weight excluding hydrogens is 380 g/mol. The molecule has 5 rings (SSSR count). The third-order valence-corrected chi connectivity index (χ3v) is 6.29. The standard InChI is InChI=1S/C23H28N4O3/c28-23-24-9-2-10-26(23)15-14-25-11-5-19(6-12-25)30-22-4-1-3-21-20(22)7-13-27(21)18-8-16-29-17-18/h1-4,7,9-10,13,18-19H,5-6,8,11-12,14-17H2. The molecule has 1 atom stereocenters. The molecule has 0 radical (unpaired) electrons. The summed E-state index contributed by atoms with van der Waals surface area (Å²) in [4.78, 5) is 18.0. The average Bonchev–Trinajstić information content (AvgIpc) is 3.44. The second kappa shape index (κ2) is 8.62. The molecule has 0 bridgehead atoms. The van der Waals surface area contributed by atoms with Crippen molar-refractivity contribution >= 4 is 10.9 Å². The molecule has 2 saturated heterocycles. The fourth-order valence-electron chi connectivity index (χ4n) is 4.56. The highest BCUT2D eigenvalue weighted by molar-refractivity contribution is 5.86. The number of piperidine rings is 1. The first-order valence-corrected chi connectivity index (χ1v) is 10.9. The Hall–Kier alpha value is -2.64. The van der Waals surface area contributed by atoms with Crippen molar-refractivity contribution in [2.75, 3.05) is 32.8 Å². The van der Waals surface area contributed by atoms with Crippen molar-refractivity contribution in [1.29, 1.82) is 0 Å². The van der Waals surface area contributed by atoms with Crippen LogP contribution < -0.4 is 10.4 Å². The van der Waals surface area contributed by atoms with Gasteiger partial charge in [0, 0.05) is 56.8 Å². The van der Waals surface area contributed by atoms with E-state index in [9.17, 15) is 4.79 Å². The maximum absolute atomic E-state index is 11.7. The van der Waals surface area contributed by atoms with Crippen molar-refractivity contribution in [2.45, 2.75) is 38.0 Å². The van der Waals surface area contributed by atoms with E-state index in [1.54, 1.807) is 16.8 Å². The van der Waals surface area contributed by atoms with Crippen molar-refractivity contribution in [3.8, 4) is 5.75 Å². The zero-order valence-electron chi connectivity index (χ0n) is 17.2. The third-order valence-electron chi connectivity index (χ3n) is 6.29. The van der Waals surface area contributed by atoms with Gasteiger partial charge >= 0.3 is 5.69 Å². The molecule has 0 amide bonds. The second-order valence-corrected chi connectivity index (χ2v) is 8.18. The maximum atomic E-state index is 11.7. The highest BCUT2D eigenvalue weighted by atomic mass is 16.5. The van der Waals surface area contributed by atoms with Crippen molar-refractivity contribution in [1.82, 2.24) is 19.0 Å². The Morgan fingerprint density at radius 2 is 1.97 bits per heavy atom. The van der Waals surface area contributed by atoms with Gasteiger partial charge in [-0.2, -0.15) is 0 Å². The van der Waals surface area contributed by atoms with E-state index in [0.717, 1.165) is 57.9 Å². The first-order chi connectivity index (χ1) is 14.8. The van der Waals surface area contributed by atoms with Gasteiger partial charge in [0.2, 0.25) is 0 Å². The summed E-state index contributed by atoms with van der Waals surface area (Å²) in [7, 11) is 0. The molecule has 0 N–H and O–H groups in total. The largest absolute Gasteiger partial charge is 0.490 e. The SMILES string of the molecule is O=c1ncccn1CCN1CCC(Oc2cccc3c2ccn3C2CCOC2)CC1. The number of aromatic nitrogens is 3. The molecule has 2 fully saturated rings. The van der Waals surface area contributed by atoms with Crippen molar-refractivity contribution < 1.29 is 9.47 Å². The fraction of sp³-hybridized carbons (Fsp3) is 0.478. The number of ether oxygens (including phenoxy) is 2. The molecule has 30 heavy (non-hydrogen) atoms. The van der Waals surface area contributed by atoms with E-state index in [4.69, 9.17) is 9.47 Å². The van der Waals surface area contributed by atoms with Crippen LogP contribution in [0.2, 0.25) is 0 Å². The van der Waals surface area contributed by atoms with Crippen molar-refractivity contribution in [2.24, 2.45) is 0 Å². The molecule has 7 nitrogen and oxygen atoms in total. The van der Waals surface area contributed by atoms with Gasteiger partial charge in [-0.15, -0.1) is 0 Å². The summed E-state index contributed by atoms with van der Waals surface area (Å²) in [5.74, 6) is 0.977. The molecule has 1 aromatic carbocycles. The van der Waals surface area contributed by atoms with E-state index in [1.165, 1.54) is 17.1 Å². The first kappa shape index (κ1) is 19.3. The third kappa shape index (κ3) is 4.00. The molecular formula is C23H28N4O3. The maximum Gasteiger partial charge on any atom is 0.347 e. The highest BCUT2D eigenvalue weighted by Crippen LogP contribution is 2.32. The van der Waals surface area contributed by atoms with Crippen LogP contribution >= 0.6 is 0 Å². The van der Waals surface area contributed by atoms with Gasteiger partial charge in [0.05, 0.1) is 18.2 Å². The number of benzene rings is 1. The summed E-state index contributed by atoms with van der Waals surface area (Å²) in [6, 6.07) is 10.7. The normalized spacial score (nSPS) is 20.7. The van der Waals surface area contributed by atoms with Crippen LogP contribution in [0.5, 0.6) is 5.75 Å². The van der Waals surface area contributed by atoms with Crippen LogP contribution in [0.1, 0.15) is 25.3 Å². The minimum Gasteiger partial charge on any atom is -0.490 e. The quantitative estimate of drug-likeness (QED) is 0.628. The van der Waals surface area contributed by atoms with E-state index in [2.05, 4.69) is 44.9 Å². The van der Waals surface area contributed by atoms with Gasteiger partial charge in [-0.25, -0.2) is 9.78 Å². The molecule has 0 saturated carbocycles. The number of fused-ring (bicyclic) bond motifs is 1. The molecule has 4 heterocycles. The Morgan fingerprint density at radius 1 is 1.07 bits per heavy atom. The summed E-state index contributed by atoms with van der Waals surface area (Å²) in [5.41, 5.74) is 1.04. The van der Waals surface area contributed by atoms with Crippen LogP contribution in [0.25, 0.3) is 10.9 Å². The summed E-state index contributed by atoms with van der Waals surface area (Å²) in [5, 5.41) is 1.18. The van der Waals surface area contributed by atoms with Crippen molar-refractivity contribution in [3.63, 3.8) is 0 Å². The fourth-order valence-corrected chi connectivity index (χ4v) is 4.56. The van der Waals surface area contributed by atoms with Gasteiger partial charge in [-0.05, 0) is 43.5 Å². The van der Waals surface area contributed by atoms with Gasteiger partial charge < -0.3 is 18.9 Å². The lowest BCUT2D eigenvalue weighted by molar-refractivity contribution is 0.0995. The lowest BCUT2D eigenvalue weighted by atomic mass is 10.1. The zero-order chi connectivity index (χ0) is 20.3. The van der Waals surface area contributed by atoms with Crippen LogP contribution in [0.4, 0.5) is 0 Å². The van der Waals surface area contributed by atoms with Crippen LogP contribution in [0.3, 0.4) is 0 Å². The molecule has 2 aromatic heterocycles. The van der Waals surface area contributed by atoms with E-state index < -0.39 is 0 Å². The van der Waals surface area contributed by atoms with Gasteiger partial charge in [0.15, 0.2) is 0 Å². The topological polar surface area (TPSA) is 61.5 Å². The van der Waals surface area contributed by atoms with Gasteiger partial charge in [-0.3, -0.25) is 4.57 Å². The number of hydrogen-bond acceptors (Lipinski definition) is 5. The second-order valence-electron chi connectivity index (χ2n) is 8.18. The monoisotopic (exact) mass is 408 g/mol. The summed E-state index contributed by atoms with van der Waals surface area (Å²) in [6.45, 7) is 5.13. The Labute approximate surface area is 175 Å². The van der Waals surface area contributed by atoms with Crippen molar-refractivity contribution in [3.05, 3.63) is 59.4 Å². The molecule has 158 valence electrons. The summed E-state index contributed by atoms with van der Waals surface area (Å²) in [6.07, 6.45) is 8.79. The Kier molecular flexibility index (Phi) is 5.55. The summed E-state index contributed by atoms with van der Waals surface area (Å²) >= 11 is 0. The number of likely N-dealkylation sites (tertiary alicyclic amines) is 1. The molecule has 3 aromatic rings. The zero-order valence-corrected chi connectivity index (χ0v) is 17.2. The van der Waals surface area contributed by atoms with E-state index in [1.807, 2.05) is 0 Å². The average molecular weight is 409 g/mol. The first-order valence-electron chi connectivity index (χ1n) is 10.9. The smallest absolute Gasteiger partial charge is 0.347 e.